The quantitative estimate of drug-likeness (QED) is 0.902. The van der Waals surface area contributed by atoms with Crippen molar-refractivity contribution in [1.82, 2.24) is 10.1 Å². The molecular formula is C14H21N3O2. The van der Waals surface area contributed by atoms with Crippen LogP contribution in [0.1, 0.15) is 63.6 Å². The summed E-state index contributed by atoms with van der Waals surface area (Å²) in [4.78, 5) is 4.36. The third kappa shape index (κ3) is 3.77. The maximum atomic E-state index is 9.54. The summed E-state index contributed by atoms with van der Waals surface area (Å²) >= 11 is 0. The van der Waals surface area contributed by atoms with Gasteiger partial charge in [-0.15, -0.1) is 0 Å². The topological polar surface area (TPSA) is 82.9 Å². The third-order valence-corrected chi connectivity index (χ3v) is 3.93. The number of nitrogens with zero attached hydrogens (tertiary/aromatic N) is 3. The second-order valence-electron chi connectivity index (χ2n) is 6.20. The van der Waals surface area contributed by atoms with E-state index in [1.165, 1.54) is 12.8 Å². The molecule has 5 nitrogen and oxygen atoms in total. The summed E-state index contributed by atoms with van der Waals surface area (Å²) in [5.41, 5.74) is 0.423. The van der Waals surface area contributed by atoms with Crippen LogP contribution in [-0.4, -0.2) is 21.4 Å². The van der Waals surface area contributed by atoms with Gasteiger partial charge in [0.1, 0.15) is 0 Å². The largest absolute Gasteiger partial charge is 0.392 e. The standard InChI is InChI=1S/C14H21N3O2/c1-14(2)6-3-10(4-7-14)13-16-12(19-17-13)9-11(18)5-8-15/h10-11,18H,3-7,9H2,1-2H3. The van der Waals surface area contributed by atoms with Crippen molar-refractivity contribution >= 4 is 0 Å². The molecule has 1 N–H and O–H groups in total. The first-order valence-electron chi connectivity index (χ1n) is 6.88. The molecule has 0 bridgehead atoms. The highest BCUT2D eigenvalue weighted by atomic mass is 16.5. The Morgan fingerprint density at radius 1 is 1.47 bits per heavy atom. The Labute approximate surface area is 113 Å². The van der Waals surface area contributed by atoms with Gasteiger partial charge in [-0.05, 0) is 31.1 Å². The van der Waals surface area contributed by atoms with E-state index in [9.17, 15) is 5.11 Å². The molecule has 0 saturated heterocycles. The summed E-state index contributed by atoms with van der Waals surface area (Å²) in [6, 6.07) is 1.93. The van der Waals surface area contributed by atoms with Gasteiger partial charge in [0.05, 0.1) is 25.0 Å². The Balaban J connectivity index is 1.93. The molecule has 104 valence electrons. The SMILES string of the molecule is CC1(C)CCC(c2noc(CC(O)CC#N)n2)CC1. The zero-order chi connectivity index (χ0) is 13.9. The molecule has 0 radical (unpaired) electrons. The molecule has 2 rings (SSSR count). The molecule has 1 aromatic rings. The van der Waals surface area contributed by atoms with E-state index in [0.29, 0.717) is 17.2 Å². The molecule has 1 aliphatic carbocycles. The summed E-state index contributed by atoms with van der Waals surface area (Å²) in [6.45, 7) is 4.59. The van der Waals surface area contributed by atoms with E-state index in [1.54, 1.807) is 0 Å². The Kier molecular flexibility index (Phi) is 4.20. The van der Waals surface area contributed by atoms with Crippen LogP contribution in [0.3, 0.4) is 0 Å². The van der Waals surface area contributed by atoms with Gasteiger partial charge in [-0.3, -0.25) is 0 Å². The number of rotatable bonds is 4. The van der Waals surface area contributed by atoms with Crippen molar-refractivity contribution < 1.29 is 9.63 Å². The zero-order valence-corrected chi connectivity index (χ0v) is 11.6. The van der Waals surface area contributed by atoms with Crippen LogP contribution in [0.5, 0.6) is 0 Å². The lowest BCUT2D eigenvalue weighted by Gasteiger charge is -2.32. The van der Waals surface area contributed by atoms with Gasteiger partial charge in [0.25, 0.3) is 0 Å². The minimum absolute atomic E-state index is 0.0926. The van der Waals surface area contributed by atoms with Crippen molar-refractivity contribution in [2.45, 2.75) is 64.4 Å². The number of aliphatic hydroxyl groups is 1. The van der Waals surface area contributed by atoms with Crippen molar-refractivity contribution in [2.75, 3.05) is 0 Å². The van der Waals surface area contributed by atoms with Crippen molar-refractivity contribution in [3.8, 4) is 6.07 Å². The number of nitriles is 1. The lowest BCUT2D eigenvalue weighted by Crippen LogP contribution is -2.20. The van der Waals surface area contributed by atoms with Crippen LogP contribution in [0.25, 0.3) is 0 Å². The van der Waals surface area contributed by atoms with Gasteiger partial charge < -0.3 is 9.63 Å². The normalized spacial score (nSPS) is 20.9. The Morgan fingerprint density at radius 3 is 2.79 bits per heavy atom. The molecule has 19 heavy (non-hydrogen) atoms. The van der Waals surface area contributed by atoms with Gasteiger partial charge >= 0.3 is 0 Å². The Hall–Kier alpha value is -1.41. The molecule has 1 atom stereocenters. The average molecular weight is 263 g/mol. The summed E-state index contributed by atoms with van der Waals surface area (Å²) in [7, 11) is 0. The predicted octanol–water partition coefficient (Wildman–Crippen LogP) is 2.57. The lowest BCUT2D eigenvalue weighted by molar-refractivity contribution is 0.166. The predicted molar refractivity (Wildman–Crippen MR) is 69.2 cm³/mol. The first-order valence-corrected chi connectivity index (χ1v) is 6.88. The van der Waals surface area contributed by atoms with Crippen LogP contribution in [0.15, 0.2) is 4.52 Å². The van der Waals surface area contributed by atoms with Gasteiger partial charge in [0.2, 0.25) is 5.89 Å². The molecule has 1 unspecified atom stereocenters. The van der Waals surface area contributed by atoms with Gasteiger partial charge in [0.15, 0.2) is 5.82 Å². The van der Waals surface area contributed by atoms with E-state index in [1.807, 2.05) is 6.07 Å². The monoisotopic (exact) mass is 263 g/mol. The van der Waals surface area contributed by atoms with E-state index < -0.39 is 6.10 Å². The fraction of sp³-hybridized carbons (Fsp3) is 0.786. The number of aliphatic hydroxyl groups excluding tert-OH is 1. The molecule has 1 saturated carbocycles. The molecule has 5 heteroatoms. The van der Waals surface area contributed by atoms with E-state index >= 15 is 0 Å². The van der Waals surface area contributed by atoms with Gasteiger partial charge in [-0.1, -0.05) is 19.0 Å². The minimum Gasteiger partial charge on any atom is -0.392 e. The highest BCUT2D eigenvalue weighted by Crippen LogP contribution is 2.41. The molecule has 1 heterocycles. The van der Waals surface area contributed by atoms with Gasteiger partial charge in [0, 0.05) is 5.92 Å². The summed E-state index contributed by atoms with van der Waals surface area (Å²) in [6.07, 6.45) is 4.17. The molecule has 1 aliphatic rings. The van der Waals surface area contributed by atoms with Crippen LogP contribution >= 0.6 is 0 Å². The second kappa shape index (κ2) is 5.70. The molecular weight excluding hydrogens is 242 g/mol. The second-order valence-corrected chi connectivity index (χ2v) is 6.20. The van der Waals surface area contributed by atoms with E-state index in [-0.39, 0.29) is 12.8 Å². The maximum absolute atomic E-state index is 9.54. The van der Waals surface area contributed by atoms with Crippen molar-refractivity contribution in [2.24, 2.45) is 5.41 Å². The molecule has 0 aromatic carbocycles. The Morgan fingerprint density at radius 2 is 2.16 bits per heavy atom. The van der Waals surface area contributed by atoms with Crippen LogP contribution in [0.2, 0.25) is 0 Å². The number of hydrogen-bond acceptors (Lipinski definition) is 5. The zero-order valence-electron chi connectivity index (χ0n) is 11.6. The highest BCUT2D eigenvalue weighted by Gasteiger charge is 2.30. The minimum atomic E-state index is -0.719. The van der Waals surface area contributed by atoms with Crippen LogP contribution in [-0.2, 0) is 6.42 Å². The molecule has 1 aromatic heterocycles. The van der Waals surface area contributed by atoms with Gasteiger partial charge in [-0.25, -0.2) is 0 Å². The highest BCUT2D eigenvalue weighted by molar-refractivity contribution is 4.99. The van der Waals surface area contributed by atoms with Crippen LogP contribution < -0.4 is 0 Å². The Bertz CT molecular complexity index is 452. The average Bonchev–Trinajstić information content (AvgIpc) is 2.77. The van der Waals surface area contributed by atoms with E-state index in [2.05, 4.69) is 24.0 Å². The van der Waals surface area contributed by atoms with Crippen molar-refractivity contribution in [3.05, 3.63) is 11.7 Å². The van der Waals surface area contributed by atoms with Crippen molar-refractivity contribution in [1.29, 1.82) is 5.26 Å². The maximum Gasteiger partial charge on any atom is 0.229 e. The molecule has 0 spiro atoms. The van der Waals surface area contributed by atoms with E-state index in [0.717, 1.165) is 18.7 Å². The number of aromatic nitrogens is 2. The number of hydrogen-bond donors (Lipinski definition) is 1. The molecule has 0 aliphatic heterocycles. The smallest absolute Gasteiger partial charge is 0.229 e. The first kappa shape index (κ1) is 14.0. The summed E-state index contributed by atoms with van der Waals surface area (Å²) in [5.74, 6) is 1.57. The lowest BCUT2D eigenvalue weighted by atomic mass is 9.73. The fourth-order valence-corrected chi connectivity index (χ4v) is 2.55. The molecule has 0 amide bonds. The third-order valence-electron chi connectivity index (χ3n) is 3.93. The fourth-order valence-electron chi connectivity index (χ4n) is 2.55. The van der Waals surface area contributed by atoms with Crippen LogP contribution in [0.4, 0.5) is 0 Å². The van der Waals surface area contributed by atoms with Crippen LogP contribution in [0, 0.1) is 16.7 Å². The van der Waals surface area contributed by atoms with Gasteiger partial charge in [-0.2, -0.15) is 10.2 Å². The summed E-state index contributed by atoms with van der Waals surface area (Å²) in [5, 5.41) is 22.1. The molecule has 1 fully saturated rings. The van der Waals surface area contributed by atoms with E-state index in [4.69, 9.17) is 9.78 Å². The summed E-state index contributed by atoms with van der Waals surface area (Å²) < 4.78 is 5.16. The van der Waals surface area contributed by atoms with Crippen molar-refractivity contribution in [3.63, 3.8) is 0 Å². The first-order chi connectivity index (χ1) is 9.00.